The largest absolute Gasteiger partial charge is 0.340 e. The number of rotatable bonds is 6. The van der Waals surface area contributed by atoms with Crippen molar-refractivity contribution in [3.8, 4) is 0 Å². The third-order valence-electron chi connectivity index (χ3n) is 2.64. The number of benzene rings is 1. The number of likely N-dealkylation sites (N-methyl/N-ethyl adjacent to an activating group) is 1. The number of halogens is 2. The van der Waals surface area contributed by atoms with Crippen LogP contribution in [0.1, 0.15) is 12.0 Å². The van der Waals surface area contributed by atoms with Crippen molar-refractivity contribution in [3.05, 3.63) is 34.9 Å². The summed E-state index contributed by atoms with van der Waals surface area (Å²) < 4.78 is 0. The van der Waals surface area contributed by atoms with Gasteiger partial charge in [0.1, 0.15) is 0 Å². The van der Waals surface area contributed by atoms with Crippen LogP contribution in [0.15, 0.2) is 24.3 Å². The van der Waals surface area contributed by atoms with Gasteiger partial charge < -0.3 is 10.6 Å². The zero-order valence-electron chi connectivity index (χ0n) is 11.1. The predicted molar refractivity (Wildman–Crippen MR) is 86.1 cm³/mol. The number of hydrogen-bond donors (Lipinski definition) is 1. The maximum absolute atomic E-state index is 12.0. The molecule has 2 N–H and O–H groups in total. The fourth-order valence-electron chi connectivity index (χ4n) is 1.64. The lowest BCUT2D eigenvalue weighted by Gasteiger charge is -2.21. The maximum Gasteiger partial charge on any atom is 0.239 e. The van der Waals surface area contributed by atoms with Crippen molar-refractivity contribution < 1.29 is 4.79 Å². The fourth-order valence-corrected chi connectivity index (χ4v) is 2.34. The molecule has 19 heavy (non-hydrogen) atoms. The van der Waals surface area contributed by atoms with Crippen molar-refractivity contribution in [1.29, 1.82) is 0 Å². The first-order valence-corrected chi connectivity index (χ1v) is 7.55. The molecule has 0 spiro atoms. The van der Waals surface area contributed by atoms with E-state index in [1.807, 2.05) is 30.5 Å². The number of carbonyl (C=O) groups excluding carboxylic acids is 1. The zero-order valence-corrected chi connectivity index (χ0v) is 13.5. The molecule has 0 saturated carbocycles. The molecule has 0 saturated heterocycles. The number of nitrogens with two attached hydrogens (primary N) is 1. The molecule has 0 heterocycles. The van der Waals surface area contributed by atoms with Crippen LogP contribution in [0, 0.1) is 0 Å². The van der Waals surface area contributed by atoms with Gasteiger partial charge in [-0.3, -0.25) is 4.79 Å². The predicted octanol–water partition coefficient (Wildman–Crippen LogP) is 2.80. The lowest BCUT2D eigenvalue weighted by atomic mass is 10.2. The molecular formula is C13H20Cl2N2OS. The smallest absolute Gasteiger partial charge is 0.239 e. The third-order valence-corrected chi connectivity index (χ3v) is 3.51. The van der Waals surface area contributed by atoms with Crippen molar-refractivity contribution in [2.45, 2.75) is 19.0 Å². The molecule has 1 atom stereocenters. The molecule has 1 amide bonds. The first kappa shape index (κ1) is 18.6. The molecule has 0 aromatic heterocycles. The fraction of sp³-hybridized carbons (Fsp3) is 0.462. The Morgan fingerprint density at radius 3 is 2.79 bits per heavy atom. The van der Waals surface area contributed by atoms with Crippen LogP contribution < -0.4 is 5.73 Å². The van der Waals surface area contributed by atoms with Gasteiger partial charge in [-0.25, -0.2) is 0 Å². The van der Waals surface area contributed by atoms with Gasteiger partial charge in [0.2, 0.25) is 5.91 Å². The summed E-state index contributed by atoms with van der Waals surface area (Å²) in [5, 5.41) is 0.681. The number of nitrogens with zero attached hydrogens (tertiary/aromatic N) is 1. The van der Waals surface area contributed by atoms with Crippen LogP contribution in [0.3, 0.4) is 0 Å². The molecule has 1 aromatic rings. The summed E-state index contributed by atoms with van der Waals surface area (Å²) >= 11 is 7.60. The van der Waals surface area contributed by atoms with Gasteiger partial charge in [0.05, 0.1) is 6.04 Å². The average molecular weight is 323 g/mol. The summed E-state index contributed by atoms with van der Waals surface area (Å²) in [5.74, 6) is 0.877. The Labute approximate surface area is 130 Å². The van der Waals surface area contributed by atoms with E-state index in [0.717, 1.165) is 11.3 Å². The zero-order chi connectivity index (χ0) is 13.5. The Bertz CT molecular complexity index is 404. The maximum atomic E-state index is 12.0. The quantitative estimate of drug-likeness (QED) is 0.876. The lowest BCUT2D eigenvalue weighted by Crippen LogP contribution is -2.41. The van der Waals surface area contributed by atoms with Crippen molar-refractivity contribution >= 4 is 41.7 Å². The summed E-state index contributed by atoms with van der Waals surface area (Å²) in [4.78, 5) is 13.6. The number of carbonyl (C=O) groups is 1. The molecule has 6 heteroatoms. The second-order valence-electron chi connectivity index (χ2n) is 4.21. The lowest BCUT2D eigenvalue weighted by molar-refractivity contribution is -0.131. The van der Waals surface area contributed by atoms with Crippen molar-refractivity contribution in [1.82, 2.24) is 4.90 Å². The van der Waals surface area contributed by atoms with Crippen LogP contribution in [-0.2, 0) is 11.3 Å². The molecule has 0 bridgehead atoms. The van der Waals surface area contributed by atoms with Crippen LogP contribution in [0.25, 0.3) is 0 Å². The molecule has 1 rings (SSSR count). The van der Waals surface area contributed by atoms with E-state index in [2.05, 4.69) is 0 Å². The van der Waals surface area contributed by atoms with Gasteiger partial charge in [-0.05, 0) is 36.1 Å². The Morgan fingerprint density at radius 1 is 1.53 bits per heavy atom. The van der Waals surface area contributed by atoms with E-state index in [0.29, 0.717) is 18.0 Å². The summed E-state index contributed by atoms with van der Waals surface area (Å²) in [5.41, 5.74) is 6.87. The molecule has 0 aliphatic rings. The molecule has 0 radical (unpaired) electrons. The average Bonchev–Trinajstić information content (AvgIpc) is 2.35. The van der Waals surface area contributed by atoms with E-state index < -0.39 is 6.04 Å². The topological polar surface area (TPSA) is 46.3 Å². The molecule has 1 aromatic carbocycles. The van der Waals surface area contributed by atoms with E-state index in [1.165, 1.54) is 0 Å². The number of thioether (sulfide) groups is 1. The first-order chi connectivity index (χ1) is 8.54. The van der Waals surface area contributed by atoms with Crippen LogP contribution in [0.4, 0.5) is 0 Å². The van der Waals surface area contributed by atoms with Crippen LogP contribution >= 0.6 is 35.8 Å². The highest BCUT2D eigenvalue weighted by Crippen LogP contribution is 2.12. The van der Waals surface area contributed by atoms with Gasteiger partial charge in [-0.15, -0.1) is 12.4 Å². The molecule has 0 fully saturated rings. The van der Waals surface area contributed by atoms with Gasteiger partial charge >= 0.3 is 0 Å². The second kappa shape index (κ2) is 9.48. The monoisotopic (exact) mass is 322 g/mol. The van der Waals surface area contributed by atoms with Crippen LogP contribution in [0.5, 0.6) is 0 Å². The summed E-state index contributed by atoms with van der Waals surface area (Å²) in [6.07, 6.45) is 2.72. The van der Waals surface area contributed by atoms with Gasteiger partial charge in [0.25, 0.3) is 0 Å². The van der Waals surface area contributed by atoms with E-state index in [-0.39, 0.29) is 18.3 Å². The minimum Gasteiger partial charge on any atom is -0.340 e. The van der Waals surface area contributed by atoms with Gasteiger partial charge in [0.15, 0.2) is 0 Å². The van der Waals surface area contributed by atoms with Crippen molar-refractivity contribution in [3.63, 3.8) is 0 Å². The van der Waals surface area contributed by atoms with E-state index in [9.17, 15) is 4.79 Å². The van der Waals surface area contributed by atoms with Crippen molar-refractivity contribution in [2.24, 2.45) is 5.73 Å². The Balaban J connectivity index is 0.00000324. The molecule has 0 unspecified atom stereocenters. The highest BCUT2D eigenvalue weighted by atomic mass is 35.5. The van der Waals surface area contributed by atoms with Gasteiger partial charge in [-0.2, -0.15) is 11.8 Å². The Hall–Kier alpha value is -0.420. The molecule has 108 valence electrons. The third kappa shape index (κ3) is 6.52. The highest BCUT2D eigenvalue weighted by molar-refractivity contribution is 7.98. The Kier molecular flexibility index (Phi) is 9.27. The standard InChI is InChI=1S/C13H19ClN2OS.ClH/c1-16(13(17)12(15)6-7-18-2)9-10-4-3-5-11(14)8-10;/h3-5,8,12H,6-7,9,15H2,1-2H3;1H/t12-;/m0./s1. The number of hydrogen-bond acceptors (Lipinski definition) is 3. The normalized spacial score (nSPS) is 11.6. The van der Waals surface area contributed by atoms with Crippen molar-refractivity contribution in [2.75, 3.05) is 19.1 Å². The minimum absolute atomic E-state index is 0. The van der Waals surface area contributed by atoms with E-state index in [1.54, 1.807) is 23.7 Å². The first-order valence-electron chi connectivity index (χ1n) is 5.78. The van der Waals surface area contributed by atoms with E-state index >= 15 is 0 Å². The van der Waals surface area contributed by atoms with Gasteiger partial charge in [0, 0.05) is 18.6 Å². The van der Waals surface area contributed by atoms with Crippen LogP contribution in [0.2, 0.25) is 5.02 Å². The highest BCUT2D eigenvalue weighted by Gasteiger charge is 2.17. The van der Waals surface area contributed by atoms with Crippen LogP contribution in [-0.4, -0.2) is 35.9 Å². The molecule has 0 aliphatic heterocycles. The molecule has 3 nitrogen and oxygen atoms in total. The van der Waals surface area contributed by atoms with E-state index in [4.69, 9.17) is 17.3 Å². The molecular weight excluding hydrogens is 303 g/mol. The summed E-state index contributed by atoms with van der Waals surface area (Å²) in [6.45, 7) is 0.534. The SMILES string of the molecule is CSCC[C@H](N)C(=O)N(C)Cc1cccc(Cl)c1.Cl. The summed E-state index contributed by atoms with van der Waals surface area (Å²) in [6, 6.07) is 7.09. The number of amides is 1. The second-order valence-corrected chi connectivity index (χ2v) is 5.63. The molecule has 0 aliphatic carbocycles. The summed E-state index contributed by atoms with van der Waals surface area (Å²) in [7, 11) is 1.77. The minimum atomic E-state index is -0.415. The van der Waals surface area contributed by atoms with Gasteiger partial charge in [-0.1, -0.05) is 23.7 Å². The Morgan fingerprint density at radius 2 is 2.21 bits per heavy atom.